The summed E-state index contributed by atoms with van der Waals surface area (Å²) in [5.74, 6) is -0.438. The van der Waals surface area contributed by atoms with Crippen LogP contribution in [0.5, 0.6) is 23.5 Å². The maximum atomic E-state index is 13.0. The average Bonchev–Trinajstić information content (AvgIpc) is 2.64. The quantitative estimate of drug-likeness (QED) is 0.562. The second kappa shape index (κ2) is 13.7. The van der Waals surface area contributed by atoms with Crippen molar-refractivity contribution in [3.05, 3.63) is 22.5 Å². The van der Waals surface area contributed by atoms with Gasteiger partial charge in [-0.2, -0.15) is 24.3 Å². The van der Waals surface area contributed by atoms with Gasteiger partial charge in [-0.05, 0) is 23.2 Å². The molecule has 0 saturated heterocycles. The Morgan fingerprint density at radius 3 is 1.42 bits per heavy atom. The molecule has 0 saturated carbocycles. The third-order valence-corrected chi connectivity index (χ3v) is 2.56. The van der Waals surface area contributed by atoms with Crippen LogP contribution >= 0.6 is 23.2 Å². The summed E-state index contributed by atoms with van der Waals surface area (Å²) >= 11 is 11.0. The van der Waals surface area contributed by atoms with Crippen molar-refractivity contribution in [1.82, 2.24) is 19.9 Å². The predicted octanol–water partition coefficient (Wildman–Crippen LogP) is 3.32. The zero-order valence-electron chi connectivity index (χ0n) is 13.8. The number of ether oxygens (including phenoxy) is 4. The van der Waals surface area contributed by atoms with Crippen LogP contribution in [0.15, 0.2) is 6.07 Å². The highest BCUT2D eigenvalue weighted by Gasteiger charge is 2.14. The highest BCUT2D eigenvalue weighted by molar-refractivity contribution is 6.28. The van der Waals surface area contributed by atoms with Gasteiger partial charge in [0, 0.05) is 0 Å². The van der Waals surface area contributed by atoms with E-state index in [9.17, 15) is 4.39 Å². The van der Waals surface area contributed by atoms with Gasteiger partial charge < -0.3 is 18.9 Å². The molecule has 26 heavy (non-hydrogen) atoms. The van der Waals surface area contributed by atoms with Gasteiger partial charge in [-0.3, -0.25) is 0 Å². The number of aromatic nitrogens is 4. The maximum Gasteiger partial charge on any atom is 0.258 e. The summed E-state index contributed by atoms with van der Waals surface area (Å²) in [5.41, 5.74) is 0. The van der Waals surface area contributed by atoms with Crippen molar-refractivity contribution in [3.63, 3.8) is 0 Å². The molecule has 0 aliphatic heterocycles. The number of halogens is 3. The lowest BCUT2D eigenvalue weighted by atomic mass is 10.5. The molecule has 2 heterocycles. The summed E-state index contributed by atoms with van der Waals surface area (Å²) in [7, 11) is 5.55. The smallest absolute Gasteiger partial charge is 0.258 e. The molecule has 0 bridgehead atoms. The van der Waals surface area contributed by atoms with Crippen LogP contribution in [0, 0.1) is 18.7 Å². The summed E-state index contributed by atoms with van der Waals surface area (Å²) in [6, 6.07) is 1.55. The van der Waals surface area contributed by atoms with Gasteiger partial charge in [0.25, 0.3) is 11.8 Å². The number of hydrogen-bond acceptors (Lipinski definition) is 8. The standard InChI is InChI=1S/C6H6ClFN2O2.C6H7ClN2O2.C2H2.CH4/c1-11-4-3(8)5(12-2)10-6(7)9-4;1-10-4-3-5(11-2)9-6(7)8-4;1-2;/h1-2H3;3H,1-2H3;1-2H;1H4. The lowest BCUT2D eigenvalue weighted by molar-refractivity contribution is 0.327. The van der Waals surface area contributed by atoms with Crippen molar-refractivity contribution < 1.29 is 23.3 Å². The van der Waals surface area contributed by atoms with Crippen LogP contribution in [-0.4, -0.2) is 48.4 Å². The highest BCUT2D eigenvalue weighted by Crippen LogP contribution is 2.23. The van der Waals surface area contributed by atoms with Crippen LogP contribution in [0.1, 0.15) is 7.43 Å². The molecule has 0 fully saturated rings. The van der Waals surface area contributed by atoms with Crippen molar-refractivity contribution in [2.24, 2.45) is 0 Å². The fraction of sp³-hybridized carbons (Fsp3) is 0.333. The normalized spacial score (nSPS) is 8.50. The fourth-order valence-electron chi connectivity index (χ4n) is 1.24. The van der Waals surface area contributed by atoms with E-state index >= 15 is 0 Å². The van der Waals surface area contributed by atoms with Gasteiger partial charge in [-0.15, -0.1) is 12.8 Å². The van der Waals surface area contributed by atoms with E-state index in [1.807, 2.05) is 0 Å². The summed E-state index contributed by atoms with van der Waals surface area (Å²) in [4.78, 5) is 14.5. The third-order valence-electron chi connectivity index (χ3n) is 2.22. The van der Waals surface area contributed by atoms with Crippen molar-refractivity contribution in [1.29, 1.82) is 0 Å². The SMILES string of the molecule is C.C#C.COc1cc(OC)nc(Cl)n1.COc1nc(Cl)nc(OC)c1F. The Morgan fingerprint density at radius 1 is 0.769 bits per heavy atom. The third kappa shape index (κ3) is 8.00. The number of rotatable bonds is 4. The van der Waals surface area contributed by atoms with E-state index < -0.39 is 5.82 Å². The number of nitrogens with zero attached hydrogens (tertiary/aromatic N) is 4. The van der Waals surface area contributed by atoms with E-state index in [1.54, 1.807) is 6.07 Å². The van der Waals surface area contributed by atoms with Crippen LogP contribution in [0.4, 0.5) is 4.39 Å². The first kappa shape index (κ1) is 25.7. The molecular formula is C15H19Cl2FN4O4. The van der Waals surface area contributed by atoms with Crippen molar-refractivity contribution in [2.45, 2.75) is 7.43 Å². The lowest BCUT2D eigenvalue weighted by Gasteiger charge is -2.03. The first-order valence-corrected chi connectivity index (χ1v) is 6.97. The first-order valence-electron chi connectivity index (χ1n) is 6.22. The molecule has 0 spiro atoms. The van der Waals surface area contributed by atoms with E-state index in [4.69, 9.17) is 32.7 Å². The Balaban J connectivity index is 0. The molecule has 0 aromatic carbocycles. The molecule has 8 nitrogen and oxygen atoms in total. The van der Waals surface area contributed by atoms with Gasteiger partial charge in [-0.25, -0.2) is 0 Å². The molecule has 0 unspecified atom stereocenters. The zero-order chi connectivity index (χ0) is 19.4. The predicted molar refractivity (Wildman–Crippen MR) is 96.9 cm³/mol. The second-order valence-electron chi connectivity index (χ2n) is 3.55. The lowest BCUT2D eigenvalue weighted by Crippen LogP contribution is -1.99. The van der Waals surface area contributed by atoms with Gasteiger partial charge in [0.05, 0.1) is 34.5 Å². The molecule has 2 aromatic heterocycles. The van der Waals surface area contributed by atoms with Gasteiger partial charge in [0.15, 0.2) is 0 Å². The van der Waals surface area contributed by atoms with Crippen LogP contribution in [0.3, 0.4) is 0 Å². The topological polar surface area (TPSA) is 88.5 Å². The first-order chi connectivity index (χ1) is 11.9. The van der Waals surface area contributed by atoms with Gasteiger partial charge >= 0.3 is 0 Å². The molecule has 2 aromatic rings. The van der Waals surface area contributed by atoms with E-state index in [0.717, 1.165) is 0 Å². The van der Waals surface area contributed by atoms with Crippen molar-refractivity contribution in [3.8, 4) is 36.4 Å². The Hall–Kier alpha value is -2.57. The molecule has 11 heteroatoms. The largest absolute Gasteiger partial charge is 0.481 e. The van der Waals surface area contributed by atoms with Crippen LogP contribution in [-0.2, 0) is 0 Å². The summed E-state index contributed by atoms with van der Waals surface area (Å²) in [6.07, 6.45) is 8.00. The van der Waals surface area contributed by atoms with E-state index in [1.165, 1.54) is 28.4 Å². The second-order valence-corrected chi connectivity index (χ2v) is 4.22. The Bertz CT molecular complexity index is 657. The molecule has 0 radical (unpaired) electrons. The number of hydrogen-bond donors (Lipinski definition) is 0. The fourth-order valence-corrected chi connectivity index (χ4v) is 1.56. The van der Waals surface area contributed by atoms with Crippen molar-refractivity contribution in [2.75, 3.05) is 28.4 Å². The summed E-state index contributed by atoms with van der Waals surface area (Å²) in [5, 5.41) is -0.00806. The van der Waals surface area contributed by atoms with Gasteiger partial charge in [0.1, 0.15) is 0 Å². The average molecular weight is 409 g/mol. The summed E-state index contributed by atoms with van der Waals surface area (Å²) < 4.78 is 31.8. The van der Waals surface area contributed by atoms with Gasteiger partial charge in [0.2, 0.25) is 28.1 Å². The molecular weight excluding hydrogens is 390 g/mol. The highest BCUT2D eigenvalue weighted by atomic mass is 35.5. The maximum absolute atomic E-state index is 13.0. The molecule has 0 aliphatic rings. The zero-order valence-corrected chi connectivity index (χ0v) is 15.3. The Kier molecular flexibility index (Phi) is 13.5. The number of methoxy groups -OCH3 is 4. The molecule has 0 aliphatic carbocycles. The van der Waals surface area contributed by atoms with E-state index in [2.05, 4.69) is 42.3 Å². The van der Waals surface area contributed by atoms with Crippen LogP contribution < -0.4 is 18.9 Å². The van der Waals surface area contributed by atoms with Crippen molar-refractivity contribution >= 4 is 23.2 Å². The molecule has 0 atom stereocenters. The Labute approximate surface area is 161 Å². The minimum atomic E-state index is -0.760. The molecule has 0 amide bonds. The monoisotopic (exact) mass is 408 g/mol. The molecule has 2 rings (SSSR count). The Morgan fingerprint density at radius 2 is 1.12 bits per heavy atom. The van der Waals surface area contributed by atoms with Gasteiger partial charge in [-0.1, -0.05) is 7.43 Å². The molecule has 0 N–H and O–H groups in total. The van der Waals surface area contributed by atoms with Crippen LogP contribution in [0.25, 0.3) is 0 Å². The van der Waals surface area contributed by atoms with E-state index in [-0.39, 0.29) is 29.8 Å². The molecule has 144 valence electrons. The van der Waals surface area contributed by atoms with Crippen LogP contribution in [0.2, 0.25) is 10.6 Å². The van der Waals surface area contributed by atoms with E-state index in [0.29, 0.717) is 11.8 Å². The minimum absolute atomic E-state index is 0. The summed E-state index contributed by atoms with van der Waals surface area (Å²) in [6.45, 7) is 0. The minimum Gasteiger partial charge on any atom is -0.481 e. The number of terminal acetylenes is 1.